The monoisotopic (exact) mass is 222 g/mol. The number of oxime groups is 1. The van der Waals surface area contributed by atoms with E-state index in [2.05, 4.69) is 5.16 Å². The summed E-state index contributed by atoms with van der Waals surface area (Å²) in [6, 6.07) is 7.17. The fraction of sp³-hybridized carbons (Fsp3) is 0.273. The molecule has 0 bridgehead atoms. The van der Waals surface area contributed by atoms with E-state index in [0.717, 1.165) is 5.56 Å². The van der Waals surface area contributed by atoms with E-state index in [-0.39, 0.29) is 12.3 Å². The number of aliphatic carboxylic acids is 1. The molecule has 0 aliphatic heterocycles. The molecule has 0 aromatic heterocycles. The van der Waals surface area contributed by atoms with Crippen LogP contribution in [0.4, 0.5) is 0 Å². The highest BCUT2D eigenvalue weighted by molar-refractivity contribution is 5.96. The maximum Gasteiger partial charge on any atom is 0.303 e. The minimum atomic E-state index is -0.784. The molecule has 0 saturated carbocycles. The second kappa shape index (κ2) is 5.75. The molecule has 0 amide bonds. The van der Waals surface area contributed by atoms with Gasteiger partial charge in [-0.2, -0.15) is 0 Å². The second-order valence-electron chi connectivity index (χ2n) is 3.43. The van der Waals surface area contributed by atoms with Gasteiger partial charge in [0, 0.05) is 12.0 Å². The zero-order chi connectivity index (χ0) is 12.0. The van der Waals surface area contributed by atoms with Gasteiger partial charge in [0.2, 0.25) is 0 Å². The predicted octanol–water partition coefficient (Wildman–Crippen LogP) is 1.19. The molecule has 0 heterocycles. The molecular formula is C11H14N2O3. The van der Waals surface area contributed by atoms with E-state index in [0.29, 0.717) is 18.4 Å². The number of hydrogen-bond acceptors (Lipinski definition) is 3. The molecule has 86 valence electrons. The second-order valence-corrected chi connectivity index (χ2v) is 3.43. The Morgan fingerprint density at radius 2 is 1.94 bits per heavy atom. The van der Waals surface area contributed by atoms with Crippen LogP contribution in [0.3, 0.4) is 0 Å². The smallest absolute Gasteiger partial charge is 0.303 e. The zero-order valence-corrected chi connectivity index (χ0v) is 8.76. The molecule has 0 saturated heterocycles. The van der Waals surface area contributed by atoms with Crippen LogP contribution in [0.25, 0.3) is 0 Å². The van der Waals surface area contributed by atoms with Gasteiger partial charge in [-0.25, -0.2) is 0 Å². The Balaban J connectivity index is 2.55. The SMILES string of the molecule is N/C(=N/O)c1ccc(CCCC(=O)O)cc1. The van der Waals surface area contributed by atoms with Crippen molar-refractivity contribution in [2.45, 2.75) is 19.3 Å². The summed E-state index contributed by atoms with van der Waals surface area (Å²) in [7, 11) is 0. The third-order valence-corrected chi connectivity index (χ3v) is 2.21. The van der Waals surface area contributed by atoms with Crippen molar-refractivity contribution in [3.05, 3.63) is 35.4 Å². The molecule has 16 heavy (non-hydrogen) atoms. The number of nitrogens with zero attached hydrogens (tertiary/aromatic N) is 1. The van der Waals surface area contributed by atoms with Crippen LogP contribution in [-0.4, -0.2) is 22.1 Å². The van der Waals surface area contributed by atoms with E-state index < -0.39 is 5.97 Å². The van der Waals surface area contributed by atoms with E-state index in [1.54, 1.807) is 12.1 Å². The van der Waals surface area contributed by atoms with E-state index in [1.807, 2.05) is 12.1 Å². The molecule has 1 aromatic carbocycles. The number of carboxylic acid groups (broad SMARTS) is 1. The average molecular weight is 222 g/mol. The van der Waals surface area contributed by atoms with Gasteiger partial charge in [0.15, 0.2) is 5.84 Å². The molecule has 0 spiro atoms. The van der Waals surface area contributed by atoms with Crippen LogP contribution in [0.1, 0.15) is 24.0 Å². The molecule has 1 aromatic rings. The van der Waals surface area contributed by atoms with Gasteiger partial charge in [-0.05, 0) is 18.4 Å². The lowest BCUT2D eigenvalue weighted by Crippen LogP contribution is -2.12. The lowest BCUT2D eigenvalue weighted by molar-refractivity contribution is -0.137. The Kier molecular flexibility index (Phi) is 4.32. The van der Waals surface area contributed by atoms with Crippen LogP contribution in [0.15, 0.2) is 29.4 Å². The topological polar surface area (TPSA) is 95.9 Å². The van der Waals surface area contributed by atoms with Crippen molar-refractivity contribution in [3.8, 4) is 0 Å². The van der Waals surface area contributed by atoms with Gasteiger partial charge < -0.3 is 16.0 Å². The number of benzene rings is 1. The molecule has 5 heteroatoms. The predicted molar refractivity (Wildman–Crippen MR) is 59.5 cm³/mol. The summed E-state index contributed by atoms with van der Waals surface area (Å²) in [4.78, 5) is 10.3. The lowest BCUT2D eigenvalue weighted by Gasteiger charge is -2.02. The molecule has 0 unspecified atom stereocenters. The van der Waals surface area contributed by atoms with E-state index >= 15 is 0 Å². The Morgan fingerprint density at radius 1 is 1.31 bits per heavy atom. The first-order chi connectivity index (χ1) is 7.63. The van der Waals surface area contributed by atoms with Gasteiger partial charge in [-0.15, -0.1) is 0 Å². The molecule has 0 radical (unpaired) electrons. The minimum absolute atomic E-state index is 0.0667. The number of hydrogen-bond donors (Lipinski definition) is 3. The first-order valence-electron chi connectivity index (χ1n) is 4.92. The van der Waals surface area contributed by atoms with Gasteiger partial charge in [-0.3, -0.25) is 4.79 Å². The van der Waals surface area contributed by atoms with Crippen LogP contribution in [0.2, 0.25) is 0 Å². The quantitative estimate of drug-likeness (QED) is 0.302. The number of carboxylic acids is 1. The fourth-order valence-electron chi connectivity index (χ4n) is 1.34. The summed E-state index contributed by atoms with van der Waals surface area (Å²) < 4.78 is 0. The fourth-order valence-corrected chi connectivity index (χ4v) is 1.34. The van der Waals surface area contributed by atoms with Crippen molar-refractivity contribution in [1.29, 1.82) is 0 Å². The van der Waals surface area contributed by atoms with Crippen LogP contribution in [0, 0.1) is 0 Å². The largest absolute Gasteiger partial charge is 0.481 e. The summed E-state index contributed by atoms with van der Waals surface area (Å²) >= 11 is 0. The zero-order valence-electron chi connectivity index (χ0n) is 8.76. The van der Waals surface area contributed by atoms with Crippen molar-refractivity contribution in [3.63, 3.8) is 0 Å². The standard InChI is InChI=1S/C11H14N2O3/c12-11(13-16)9-6-4-8(5-7-9)2-1-3-10(14)15/h4-7,16H,1-3H2,(H2,12,13)(H,14,15). The summed E-state index contributed by atoms with van der Waals surface area (Å²) in [5.41, 5.74) is 7.09. The normalized spacial score (nSPS) is 11.4. The third kappa shape index (κ3) is 3.61. The Morgan fingerprint density at radius 3 is 2.44 bits per heavy atom. The first kappa shape index (κ1) is 12.0. The summed E-state index contributed by atoms with van der Waals surface area (Å²) in [5.74, 6) is -0.717. The highest BCUT2D eigenvalue weighted by Crippen LogP contribution is 2.07. The molecule has 0 aliphatic rings. The van der Waals surface area contributed by atoms with Gasteiger partial charge in [0.1, 0.15) is 0 Å². The molecule has 0 atom stereocenters. The van der Waals surface area contributed by atoms with Gasteiger partial charge in [-0.1, -0.05) is 29.4 Å². The first-order valence-corrected chi connectivity index (χ1v) is 4.92. The van der Waals surface area contributed by atoms with Gasteiger partial charge in [0.25, 0.3) is 0 Å². The van der Waals surface area contributed by atoms with Crippen molar-refractivity contribution in [1.82, 2.24) is 0 Å². The van der Waals surface area contributed by atoms with E-state index in [4.69, 9.17) is 16.0 Å². The van der Waals surface area contributed by atoms with Crippen LogP contribution >= 0.6 is 0 Å². The molecule has 4 N–H and O–H groups in total. The summed E-state index contributed by atoms with van der Waals surface area (Å²) in [5, 5.41) is 19.8. The maximum absolute atomic E-state index is 10.3. The minimum Gasteiger partial charge on any atom is -0.481 e. The van der Waals surface area contributed by atoms with Crippen molar-refractivity contribution >= 4 is 11.8 Å². The highest BCUT2D eigenvalue weighted by atomic mass is 16.4. The third-order valence-electron chi connectivity index (χ3n) is 2.21. The van der Waals surface area contributed by atoms with Crippen LogP contribution in [-0.2, 0) is 11.2 Å². The van der Waals surface area contributed by atoms with Crippen molar-refractivity contribution in [2.24, 2.45) is 10.9 Å². The number of amidine groups is 1. The number of carbonyl (C=O) groups is 1. The highest BCUT2D eigenvalue weighted by Gasteiger charge is 2.00. The van der Waals surface area contributed by atoms with Crippen LogP contribution in [0.5, 0.6) is 0 Å². The average Bonchev–Trinajstić information content (AvgIpc) is 2.28. The van der Waals surface area contributed by atoms with Crippen LogP contribution < -0.4 is 5.73 Å². The van der Waals surface area contributed by atoms with Gasteiger partial charge in [0.05, 0.1) is 0 Å². The maximum atomic E-state index is 10.3. The number of rotatable bonds is 5. The molecule has 0 fully saturated rings. The summed E-state index contributed by atoms with van der Waals surface area (Å²) in [6.45, 7) is 0. The molecule has 0 aliphatic carbocycles. The Hall–Kier alpha value is -2.04. The molecular weight excluding hydrogens is 208 g/mol. The Bertz CT molecular complexity index is 385. The molecule has 1 rings (SSSR count). The summed E-state index contributed by atoms with van der Waals surface area (Å²) in [6.07, 6.45) is 1.49. The number of nitrogens with two attached hydrogens (primary N) is 1. The van der Waals surface area contributed by atoms with Gasteiger partial charge >= 0.3 is 5.97 Å². The van der Waals surface area contributed by atoms with E-state index in [9.17, 15) is 4.79 Å². The lowest BCUT2D eigenvalue weighted by atomic mass is 10.1. The Labute approximate surface area is 93.2 Å². The van der Waals surface area contributed by atoms with E-state index in [1.165, 1.54) is 0 Å². The number of aryl methyl sites for hydroxylation is 1. The molecule has 5 nitrogen and oxygen atoms in total. The van der Waals surface area contributed by atoms with Crippen molar-refractivity contribution < 1.29 is 15.1 Å². The van der Waals surface area contributed by atoms with Crippen molar-refractivity contribution in [2.75, 3.05) is 0 Å².